The van der Waals surface area contributed by atoms with Gasteiger partial charge in [0.05, 0.1) is 0 Å². The average Bonchev–Trinajstić information content (AvgIpc) is 1.85. The van der Waals surface area contributed by atoms with Crippen molar-refractivity contribution in [2.24, 2.45) is 0 Å². The third-order valence-electron chi connectivity index (χ3n) is 0.806. The Labute approximate surface area is 76.4 Å². The molecule has 0 bridgehead atoms. The molecule has 2 nitrogen and oxygen atoms in total. The fraction of sp³-hybridized carbons (Fsp3) is 0.250. The lowest BCUT2D eigenvalue weighted by atomic mass is 10.6. The van der Waals surface area contributed by atoms with Crippen molar-refractivity contribution >= 4 is 50.1 Å². The standard InChI is InChI=1S/C4H5BrN2S.BrH/c1-2-3(6)7-4(5)8-2;/h6H2,1H3;1H. The van der Waals surface area contributed by atoms with Gasteiger partial charge in [-0.1, -0.05) is 0 Å². The Balaban J connectivity index is 0.000000640. The van der Waals surface area contributed by atoms with E-state index in [0.29, 0.717) is 5.82 Å². The number of hydrogen-bond donors (Lipinski definition) is 1. The molecule has 2 N–H and O–H groups in total. The maximum Gasteiger partial charge on any atom is 0.161 e. The van der Waals surface area contributed by atoms with Gasteiger partial charge in [0.2, 0.25) is 0 Å². The molecule has 0 aliphatic carbocycles. The van der Waals surface area contributed by atoms with Gasteiger partial charge in [0, 0.05) is 4.88 Å². The summed E-state index contributed by atoms with van der Waals surface area (Å²) >= 11 is 4.76. The van der Waals surface area contributed by atoms with Crippen molar-refractivity contribution in [3.05, 3.63) is 8.79 Å². The van der Waals surface area contributed by atoms with E-state index < -0.39 is 0 Å². The molecule has 0 radical (unpaired) electrons. The van der Waals surface area contributed by atoms with Crippen molar-refractivity contribution < 1.29 is 0 Å². The van der Waals surface area contributed by atoms with Gasteiger partial charge in [-0.3, -0.25) is 0 Å². The van der Waals surface area contributed by atoms with E-state index >= 15 is 0 Å². The van der Waals surface area contributed by atoms with Crippen LogP contribution in [-0.4, -0.2) is 4.98 Å². The van der Waals surface area contributed by atoms with E-state index in [1.165, 1.54) is 0 Å². The third kappa shape index (κ3) is 2.23. The predicted octanol–water partition coefficient (Wildman–Crippen LogP) is 2.37. The molecule has 52 valence electrons. The van der Waals surface area contributed by atoms with E-state index in [1.54, 1.807) is 11.3 Å². The van der Waals surface area contributed by atoms with Crippen LogP contribution >= 0.6 is 44.2 Å². The maximum absolute atomic E-state index is 5.41. The first-order valence-corrected chi connectivity index (χ1v) is 3.69. The zero-order chi connectivity index (χ0) is 6.15. The molecule has 0 aliphatic rings. The normalized spacial score (nSPS) is 8.67. The maximum atomic E-state index is 5.41. The Morgan fingerprint density at radius 3 is 2.33 bits per heavy atom. The number of rotatable bonds is 0. The second kappa shape index (κ2) is 3.53. The van der Waals surface area contributed by atoms with E-state index in [9.17, 15) is 0 Å². The molecule has 9 heavy (non-hydrogen) atoms. The van der Waals surface area contributed by atoms with Crippen LogP contribution in [-0.2, 0) is 0 Å². The molecule has 0 fully saturated rings. The van der Waals surface area contributed by atoms with Crippen LogP contribution in [0.25, 0.3) is 0 Å². The molecule has 1 aromatic heterocycles. The Kier molecular flexibility index (Phi) is 3.68. The fourth-order valence-electron chi connectivity index (χ4n) is 0.375. The molecule has 5 heteroatoms. The Morgan fingerprint density at radius 1 is 1.67 bits per heavy atom. The first-order chi connectivity index (χ1) is 3.70. The molecular formula is C4H6Br2N2S. The van der Waals surface area contributed by atoms with Crippen LogP contribution in [0.15, 0.2) is 3.92 Å². The zero-order valence-corrected chi connectivity index (χ0v) is 8.83. The van der Waals surface area contributed by atoms with Crippen molar-refractivity contribution in [1.29, 1.82) is 0 Å². The molecule has 1 heterocycles. The minimum absolute atomic E-state index is 0. The van der Waals surface area contributed by atoms with Crippen molar-refractivity contribution in [3.63, 3.8) is 0 Å². The molecule has 0 aliphatic heterocycles. The van der Waals surface area contributed by atoms with Crippen LogP contribution in [0.3, 0.4) is 0 Å². The largest absolute Gasteiger partial charge is 0.383 e. The highest BCUT2D eigenvalue weighted by atomic mass is 79.9. The highest BCUT2D eigenvalue weighted by Gasteiger charge is 1.98. The summed E-state index contributed by atoms with van der Waals surface area (Å²) in [4.78, 5) is 4.99. The summed E-state index contributed by atoms with van der Waals surface area (Å²) in [6.45, 7) is 1.94. The lowest BCUT2D eigenvalue weighted by Gasteiger charge is -1.78. The van der Waals surface area contributed by atoms with Crippen molar-refractivity contribution in [1.82, 2.24) is 4.98 Å². The van der Waals surface area contributed by atoms with Crippen molar-refractivity contribution in [3.8, 4) is 0 Å². The second-order valence-corrected chi connectivity index (χ2v) is 3.89. The number of nitrogens with zero attached hydrogens (tertiary/aromatic N) is 1. The lowest BCUT2D eigenvalue weighted by Crippen LogP contribution is -1.84. The number of nitrogen functional groups attached to an aromatic ring is 1. The molecule has 0 spiro atoms. The van der Waals surface area contributed by atoms with Crippen LogP contribution in [0.1, 0.15) is 4.88 Å². The van der Waals surface area contributed by atoms with E-state index in [2.05, 4.69) is 20.9 Å². The number of thiazole rings is 1. The highest BCUT2D eigenvalue weighted by molar-refractivity contribution is 9.11. The number of halogens is 2. The Morgan fingerprint density at radius 2 is 2.22 bits per heavy atom. The van der Waals surface area contributed by atoms with Gasteiger partial charge in [-0.05, 0) is 22.9 Å². The number of nitrogens with two attached hydrogens (primary N) is 1. The van der Waals surface area contributed by atoms with Gasteiger partial charge >= 0.3 is 0 Å². The second-order valence-electron chi connectivity index (χ2n) is 1.41. The molecule has 0 unspecified atom stereocenters. The monoisotopic (exact) mass is 272 g/mol. The van der Waals surface area contributed by atoms with Crippen LogP contribution < -0.4 is 5.73 Å². The molecule has 0 saturated heterocycles. The van der Waals surface area contributed by atoms with Crippen LogP contribution in [0, 0.1) is 6.92 Å². The van der Waals surface area contributed by atoms with E-state index in [1.807, 2.05) is 6.92 Å². The minimum atomic E-state index is 0. The predicted molar refractivity (Wildman–Crippen MR) is 49.3 cm³/mol. The molecule has 0 aromatic carbocycles. The van der Waals surface area contributed by atoms with Crippen LogP contribution in [0.2, 0.25) is 0 Å². The summed E-state index contributed by atoms with van der Waals surface area (Å²) in [5, 5.41) is 0. The summed E-state index contributed by atoms with van der Waals surface area (Å²) < 4.78 is 0.854. The van der Waals surface area contributed by atoms with Gasteiger partial charge in [-0.25, -0.2) is 4.98 Å². The first kappa shape index (κ1) is 9.39. The van der Waals surface area contributed by atoms with E-state index in [-0.39, 0.29) is 17.0 Å². The topological polar surface area (TPSA) is 38.9 Å². The van der Waals surface area contributed by atoms with Gasteiger partial charge in [-0.15, -0.1) is 28.3 Å². The van der Waals surface area contributed by atoms with Gasteiger partial charge < -0.3 is 5.73 Å². The lowest BCUT2D eigenvalue weighted by molar-refractivity contribution is 1.36. The summed E-state index contributed by atoms with van der Waals surface area (Å²) in [5.41, 5.74) is 5.41. The van der Waals surface area contributed by atoms with Crippen molar-refractivity contribution in [2.75, 3.05) is 5.73 Å². The highest BCUT2D eigenvalue weighted by Crippen LogP contribution is 2.22. The van der Waals surface area contributed by atoms with E-state index in [4.69, 9.17) is 5.73 Å². The van der Waals surface area contributed by atoms with E-state index in [0.717, 1.165) is 8.79 Å². The van der Waals surface area contributed by atoms with Crippen molar-refractivity contribution in [2.45, 2.75) is 6.92 Å². The smallest absolute Gasteiger partial charge is 0.161 e. The Bertz CT molecular complexity index is 179. The number of aryl methyl sites for hydroxylation is 1. The van der Waals surface area contributed by atoms with Gasteiger partial charge in [0.15, 0.2) is 3.92 Å². The number of anilines is 1. The molecule has 0 saturated carbocycles. The summed E-state index contributed by atoms with van der Waals surface area (Å²) in [6.07, 6.45) is 0. The molecule has 0 atom stereocenters. The van der Waals surface area contributed by atoms with Gasteiger partial charge in [0.25, 0.3) is 0 Å². The molecule has 1 aromatic rings. The molecular weight excluding hydrogens is 268 g/mol. The number of aromatic nitrogens is 1. The van der Waals surface area contributed by atoms with Crippen LogP contribution in [0.5, 0.6) is 0 Å². The fourth-order valence-corrected chi connectivity index (χ4v) is 1.84. The Hall–Kier alpha value is 0.390. The van der Waals surface area contributed by atoms with Gasteiger partial charge in [-0.2, -0.15) is 0 Å². The van der Waals surface area contributed by atoms with Gasteiger partial charge in [0.1, 0.15) is 5.82 Å². The SMILES string of the molecule is Br.Cc1sc(Br)nc1N. The summed E-state index contributed by atoms with van der Waals surface area (Å²) in [7, 11) is 0. The third-order valence-corrected chi connectivity index (χ3v) is 2.24. The quantitative estimate of drug-likeness (QED) is 0.788. The molecule has 1 rings (SSSR count). The number of hydrogen-bond acceptors (Lipinski definition) is 3. The minimum Gasteiger partial charge on any atom is -0.383 e. The summed E-state index contributed by atoms with van der Waals surface area (Å²) in [5.74, 6) is 0.627. The molecule has 0 amide bonds. The zero-order valence-electron chi connectivity index (χ0n) is 4.72. The summed E-state index contributed by atoms with van der Waals surface area (Å²) in [6, 6.07) is 0. The van der Waals surface area contributed by atoms with Crippen LogP contribution in [0.4, 0.5) is 5.82 Å². The average molecular weight is 274 g/mol. The first-order valence-electron chi connectivity index (χ1n) is 2.08.